The normalized spacial score (nSPS) is 11.9. The number of nitrogens with zero attached hydrogens (tertiary/aromatic N) is 2. The summed E-state index contributed by atoms with van der Waals surface area (Å²) in [4.78, 5) is 23.5. The van der Waals surface area contributed by atoms with Crippen LogP contribution in [0, 0.1) is 0 Å². The van der Waals surface area contributed by atoms with Crippen LogP contribution in [0.2, 0.25) is 0 Å². The van der Waals surface area contributed by atoms with E-state index in [2.05, 4.69) is 5.10 Å². The maximum Gasteiger partial charge on any atom is 0.435 e. The van der Waals surface area contributed by atoms with Crippen LogP contribution in [0.3, 0.4) is 0 Å². The monoisotopic (exact) mass is 298 g/mol. The first-order valence-corrected chi connectivity index (χ1v) is 6.70. The highest BCUT2D eigenvalue weighted by Crippen LogP contribution is 2.18. The van der Waals surface area contributed by atoms with Gasteiger partial charge in [0, 0.05) is 12.3 Å². The smallest absolute Gasteiger partial charge is 0.435 e. The fourth-order valence-corrected chi connectivity index (χ4v) is 1.38. The van der Waals surface area contributed by atoms with Crippen molar-refractivity contribution in [3.63, 3.8) is 0 Å². The molecule has 0 bridgehead atoms. The molecular weight excluding hydrogens is 276 g/mol. The van der Waals surface area contributed by atoms with Crippen LogP contribution in [0.5, 0.6) is 5.88 Å². The zero-order chi connectivity index (χ0) is 16.3. The molecular formula is C14H22N2O5. The molecule has 7 heteroatoms. The standard InChI is InChI=1S/C14H22N2O5/c1-7-19-11(17)14(5,6)20-10-8-9-16(15-10)12(18)21-13(2,3)4/h8-9H,7H2,1-6H3. The molecule has 0 aliphatic carbocycles. The van der Waals surface area contributed by atoms with Gasteiger partial charge in [-0.05, 0) is 41.5 Å². The molecule has 0 aromatic carbocycles. The average Bonchev–Trinajstić information content (AvgIpc) is 2.75. The molecule has 0 spiro atoms. The van der Waals surface area contributed by atoms with Crippen LogP contribution in [0.1, 0.15) is 41.5 Å². The molecule has 1 aromatic heterocycles. The second kappa shape index (κ2) is 6.15. The molecule has 0 unspecified atom stereocenters. The number of ether oxygens (including phenoxy) is 3. The van der Waals surface area contributed by atoms with E-state index in [1.807, 2.05) is 0 Å². The third kappa shape index (κ3) is 5.09. The van der Waals surface area contributed by atoms with Crippen molar-refractivity contribution in [2.45, 2.75) is 52.7 Å². The fourth-order valence-electron chi connectivity index (χ4n) is 1.38. The summed E-state index contributed by atoms with van der Waals surface area (Å²) in [7, 11) is 0. The predicted octanol–water partition coefficient (Wildman–Crippen LogP) is 2.39. The Morgan fingerprint density at radius 2 is 1.86 bits per heavy atom. The van der Waals surface area contributed by atoms with Crippen LogP contribution in [0.4, 0.5) is 4.79 Å². The van der Waals surface area contributed by atoms with Crippen molar-refractivity contribution in [2.75, 3.05) is 6.61 Å². The zero-order valence-corrected chi connectivity index (χ0v) is 13.3. The van der Waals surface area contributed by atoms with E-state index in [0.717, 1.165) is 4.68 Å². The predicted molar refractivity (Wildman–Crippen MR) is 75.2 cm³/mol. The molecule has 0 aliphatic heterocycles. The molecule has 0 saturated heterocycles. The maximum absolute atomic E-state index is 11.8. The van der Waals surface area contributed by atoms with Gasteiger partial charge >= 0.3 is 12.1 Å². The van der Waals surface area contributed by atoms with Gasteiger partial charge in [-0.25, -0.2) is 9.59 Å². The lowest BCUT2D eigenvalue weighted by Gasteiger charge is -2.22. The van der Waals surface area contributed by atoms with Crippen molar-refractivity contribution in [3.8, 4) is 5.88 Å². The van der Waals surface area contributed by atoms with Gasteiger partial charge in [-0.2, -0.15) is 4.68 Å². The van der Waals surface area contributed by atoms with Gasteiger partial charge in [-0.1, -0.05) is 0 Å². The van der Waals surface area contributed by atoms with Gasteiger partial charge in [-0.15, -0.1) is 5.10 Å². The summed E-state index contributed by atoms with van der Waals surface area (Å²) in [5.74, 6) is -0.365. The lowest BCUT2D eigenvalue weighted by molar-refractivity contribution is -0.158. The zero-order valence-electron chi connectivity index (χ0n) is 13.3. The van der Waals surface area contributed by atoms with Crippen LogP contribution in [-0.4, -0.2) is 39.7 Å². The van der Waals surface area contributed by atoms with Gasteiger partial charge in [0.1, 0.15) is 5.60 Å². The highest BCUT2D eigenvalue weighted by atomic mass is 16.6. The average molecular weight is 298 g/mol. The molecule has 118 valence electrons. The summed E-state index contributed by atoms with van der Waals surface area (Å²) in [6.45, 7) is 10.4. The van der Waals surface area contributed by atoms with Crippen molar-refractivity contribution in [1.29, 1.82) is 0 Å². The van der Waals surface area contributed by atoms with E-state index in [4.69, 9.17) is 14.2 Å². The van der Waals surface area contributed by atoms with E-state index in [1.54, 1.807) is 41.5 Å². The van der Waals surface area contributed by atoms with E-state index in [9.17, 15) is 9.59 Å². The largest absolute Gasteiger partial charge is 0.463 e. The first-order valence-electron chi connectivity index (χ1n) is 6.70. The summed E-state index contributed by atoms with van der Waals surface area (Å²) < 4.78 is 16.6. The van der Waals surface area contributed by atoms with Gasteiger partial charge < -0.3 is 14.2 Å². The number of aromatic nitrogens is 2. The SMILES string of the molecule is CCOC(=O)C(C)(C)Oc1ccn(C(=O)OC(C)(C)C)n1. The number of carbonyl (C=O) groups excluding carboxylic acids is 2. The summed E-state index contributed by atoms with van der Waals surface area (Å²) in [6, 6.07) is 1.48. The van der Waals surface area contributed by atoms with Gasteiger partial charge in [0.15, 0.2) is 0 Å². The Morgan fingerprint density at radius 3 is 2.38 bits per heavy atom. The van der Waals surface area contributed by atoms with Gasteiger partial charge in [0.2, 0.25) is 11.5 Å². The second-order valence-electron chi connectivity index (χ2n) is 5.91. The highest BCUT2D eigenvalue weighted by molar-refractivity contribution is 5.79. The Balaban J connectivity index is 2.76. The molecule has 1 rings (SSSR count). The van der Waals surface area contributed by atoms with Crippen LogP contribution < -0.4 is 4.74 Å². The molecule has 0 N–H and O–H groups in total. The Bertz CT molecular complexity index is 514. The Kier molecular flexibility index (Phi) is 4.98. The maximum atomic E-state index is 11.8. The molecule has 0 aliphatic rings. The molecule has 1 aromatic rings. The second-order valence-corrected chi connectivity index (χ2v) is 5.91. The number of hydrogen-bond acceptors (Lipinski definition) is 6. The number of carbonyl (C=O) groups is 2. The molecule has 1 heterocycles. The minimum atomic E-state index is -1.19. The third-order valence-corrected chi connectivity index (χ3v) is 2.27. The first-order chi connectivity index (χ1) is 9.55. The van der Waals surface area contributed by atoms with Crippen LogP contribution in [0.15, 0.2) is 12.3 Å². The van der Waals surface area contributed by atoms with E-state index < -0.39 is 23.3 Å². The molecule has 7 nitrogen and oxygen atoms in total. The number of esters is 1. The van der Waals surface area contributed by atoms with Gasteiger partial charge in [0.25, 0.3) is 0 Å². The first kappa shape index (κ1) is 17.0. The summed E-state index contributed by atoms with van der Waals surface area (Å²) in [5, 5.41) is 3.93. The summed E-state index contributed by atoms with van der Waals surface area (Å²) >= 11 is 0. The summed E-state index contributed by atoms with van der Waals surface area (Å²) in [5.41, 5.74) is -1.81. The van der Waals surface area contributed by atoms with E-state index in [-0.39, 0.29) is 12.5 Å². The number of rotatable bonds is 4. The lowest BCUT2D eigenvalue weighted by Crippen LogP contribution is -2.40. The van der Waals surface area contributed by atoms with Crippen LogP contribution in [-0.2, 0) is 14.3 Å². The van der Waals surface area contributed by atoms with Crippen molar-refractivity contribution >= 4 is 12.1 Å². The van der Waals surface area contributed by atoms with Crippen molar-refractivity contribution in [2.24, 2.45) is 0 Å². The molecule has 0 radical (unpaired) electrons. The van der Waals surface area contributed by atoms with Gasteiger partial charge in [-0.3, -0.25) is 0 Å². The third-order valence-electron chi connectivity index (χ3n) is 2.27. The Labute approximate surface area is 124 Å². The Hall–Kier alpha value is -2.05. The van der Waals surface area contributed by atoms with Crippen molar-refractivity contribution in [3.05, 3.63) is 12.3 Å². The van der Waals surface area contributed by atoms with E-state index in [1.165, 1.54) is 12.3 Å². The minimum Gasteiger partial charge on any atom is -0.463 e. The van der Waals surface area contributed by atoms with Crippen molar-refractivity contribution < 1.29 is 23.8 Å². The van der Waals surface area contributed by atoms with Crippen LogP contribution >= 0.6 is 0 Å². The molecule has 21 heavy (non-hydrogen) atoms. The Morgan fingerprint density at radius 1 is 1.24 bits per heavy atom. The molecule has 0 amide bonds. The van der Waals surface area contributed by atoms with Gasteiger partial charge in [0.05, 0.1) is 6.61 Å². The minimum absolute atomic E-state index is 0.138. The molecule has 0 fully saturated rings. The quantitative estimate of drug-likeness (QED) is 0.794. The fraction of sp³-hybridized carbons (Fsp3) is 0.643. The molecule has 0 saturated carbocycles. The highest BCUT2D eigenvalue weighted by Gasteiger charge is 2.32. The number of hydrogen-bond donors (Lipinski definition) is 0. The summed E-state index contributed by atoms with van der Waals surface area (Å²) in [6.07, 6.45) is 0.788. The van der Waals surface area contributed by atoms with Crippen molar-refractivity contribution in [1.82, 2.24) is 9.78 Å². The molecule has 0 atom stereocenters. The van der Waals surface area contributed by atoms with Crippen LogP contribution in [0.25, 0.3) is 0 Å². The lowest BCUT2D eigenvalue weighted by atomic mass is 10.1. The topological polar surface area (TPSA) is 79.7 Å². The van der Waals surface area contributed by atoms with E-state index in [0.29, 0.717) is 0 Å². The van der Waals surface area contributed by atoms with E-state index >= 15 is 0 Å².